The summed E-state index contributed by atoms with van der Waals surface area (Å²) in [7, 11) is -4.96. The van der Waals surface area contributed by atoms with E-state index in [0.717, 1.165) is 5.69 Å². The molecule has 0 bridgehead atoms. The van der Waals surface area contributed by atoms with E-state index in [1.54, 1.807) is 42.5 Å². The van der Waals surface area contributed by atoms with Crippen LogP contribution in [0.15, 0.2) is 54.6 Å². The summed E-state index contributed by atoms with van der Waals surface area (Å²) in [6, 6.07) is 14.2. The van der Waals surface area contributed by atoms with Crippen LogP contribution in [0.4, 0.5) is 11.4 Å². The van der Waals surface area contributed by atoms with Gasteiger partial charge in [0, 0.05) is 71.3 Å². The molecular weight excluding hydrogens is 645 g/mol. The molecule has 2 N–H and O–H groups in total. The number of hydrogen-bond donors (Lipinski definition) is 2. The van der Waals surface area contributed by atoms with Gasteiger partial charge in [-0.25, -0.2) is 4.79 Å². The second-order valence-corrected chi connectivity index (χ2v) is 17.1. The van der Waals surface area contributed by atoms with E-state index in [4.69, 9.17) is 9.47 Å². The maximum atomic E-state index is 13.6. The Morgan fingerprint density at radius 1 is 0.830 bits per heavy atom. The number of benzene rings is 3. The van der Waals surface area contributed by atoms with Gasteiger partial charge in [0.1, 0.15) is 17.3 Å². The smallest absolute Gasteiger partial charge is 0.340 e. The minimum atomic E-state index is -4.41. The van der Waals surface area contributed by atoms with E-state index in [9.17, 15) is 30.7 Å². The quantitative estimate of drug-likeness (QED) is 0.271. The van der Waals surface area contributed by atoms with Gasteiger partial charge < -0.3 is 19.3 Å². The standard InChI is InChI=1S/C34H36N2O9S2/c1-32(2)15-19(17-46(38,39)40)22-11-25-29(13-27(22)35(32)5)44-30-14-28-23(20(18-47(41,42)43)16-33(3,4)36(28)6)12-26(30)34(25)24-10-8-7-9-21(24)31(37)45-34/h7-15,20H,16-18H2,1-6H3,(H,38,39,40)(H,41,42,43). The van der Waals surface area contributed by atoms with Gasteiger partial charge >= 0.3 is 5.97 Å². The summed E-state index contributed by atoms with van der Waals surface area (Å²) in [5.74, 6) is -1.45. The number of fused-ring (bicyclic) bond motifs is 8. The molecule has 0 saturated heterocycles. The van der Waals surface area contributed by atoms with Crippen molar-refractivity contribution >= 4 is 43.2 Å². The molecule has 13 heteroatoms. The van der Waals surface area contributed by atoms with Crippen molar-refractivity contribution in [3.05, 3.63) is 88.0 Å². The molecule has 1 spiro atoms. The van der Waals surface area contributed by atoms with Gasteiger partial charge in [-0.1, -0.05) is 24.3 Å². The van der Waals surface area contributed by atoms with E-state index in [0.29, 0.717) is 62.6 Å². The summed E-state index contributed by atoms with van der Waals surface area (Å²) in [4.78, 5) is 17.6. The van der Waals surface area contributed by atoms with Crippen molar-refractivity contribution < 1.29 is 40.2 Å². The van der Waals surface area contributed by atoms with Crippen molar-refractivity contribution in [3.63, 3.8) is 0 Å². The lowest BCUT2D eigenvalue weighted by Crippen LogP contribution is -2.47. The van der Waals surface area contributed by atoms with Gasteiger partial charge in [-0.2, -0.15) is 16.8 Å². The molecule has 3 aromatic carbocycles. The number of anilines is 2. The first kappa shape index (κ1) is 31.7. The first-order valence-electron chi connectivity index (χ1n) is 15.2. The van der Waals surface area contributed by atoms with Crippen LogP contribution in [-0.4, -0.2) is 68.6 Å². The van der Waals surface area contributed by atoms with Crippen LogP contribution in [0.3, 0.4) is 0 Å². The zero-order valence-corrected chi connectivity index (χ0v) is 28.5. The SMILES string of the molecule is CN1c2cc3c(cc2C(CS(=O)(=O)O)=CC1(C)C)C1(OC(=O)c2ccccc21)c1cc2c(cc1O3)N(C)C(C)(C)CC2CS(=O)(=O)O. The molecule has 7 rings (SSSR count). The van der Waals surface area contributed by atoms with Crippen molar-refractivity contribution in [2.24, 2.45) is 0 Å². The highest BCUT2D eigenvalue weighted by atomic mass is 32.2. The summed E-state index contributed by atoms with van der Waals surface area (Å²) in [6.07, 6.45) is 2.22. The molecule has 248 valence electrons. The molecule has 4 aliphatic rings. The minimum absolute atomic E-state index is 0.349. The van der Waals surface area contributed by atoms with Crippen molar-refractivity contribution in [2.45, 2.75) is 56.7 Å². The number of carbonyl (C=O) groups is 1. The molecular formula is C34H36N2O9S2. The number of hydrogen-bond acceptors (Lipinski definition) is 9. The lowest BCUT2D eigenvalue weighted by molar-refractivity contribution is 0.0224. The van der Waals surface area contributed by atoms with Gasteiger partial charge in [0.05, 0.1) is 16.9 Å². The van der Waals surface area contributed by atoms with Gasteiger partial charge in [-0.05, 0) is 63.5 Å². The highest BCUT2D eigenvalue weighted by molar-refractivity contribution is 7.86. The average Bonchev–Trinajstić information content (AvgIpc) is 3.24. The molecule has 0 aromatic heterocycles. The van der Waals surface area contributed by atoms with Crippen LogP contribution < -0.4 is 14.5 Å². The van der Waals surface area contributed by atoms with Gasteiger partial charge in [0.15, 0.2) is 5.60 Å². The Morgan fingerprint density at radius 2 is 1.47 bits per heavy atom. The third-order valence-corrected chi connectivity index (χ3v) is 11.8. The fourth-order valence-corrected chi connectivity index (χ4v) is 9.15. The van der Waals surface area contributed by atoms with Gasteiger partial charge in [-0.3, -0.25) is 9.11 Å². The molecule has 0 saturated carbocycles. The van der Waals surface area contributed by atoms with Crippen LogP contribution in [0, 0.1) is 0 Å². The Labute approximate surface area is 274 Å². The zero-order chi connectivity index (χ0) is 34.1. The molecule has 2 atom stereocenters. The van der Waals surface area contributed by atoms with Gasteiger partial charge in [-0.15, -0.1) is 0 Å². The van der Waals surface area contributed by atoms with Crippen LogP contribution >= 0.6 is 0 Å². The fourth-order valence-electron chi connectivity index (χ4n) is 7.71. The Bertz CT molecular complexity index is 2160. The predicted molar refractivity (Wildman–Crippen MR) is 178 cm³/mol. The van der Waals surface area contributed by atoms with Crippen molar-refractivity contribution in [1.82, 2.24) is 0 Å². The first-order chi connectivity index (χ1) is 21.7. The van der Waals surface area contributed by atoms with E-state index in [2.05, 4.69) is 4.90 Å². The summed E-state index contributed by atoms with van der Waals surface area (Å²) >= 11 is 0. The molecule has 0 aliphatic carbocycles. The second-order valence-electron chi connectivity index (χ2n) is 14.1. The van der Waals surface area contributed by atoms with E-state index < -0.39 is 60.3 Å². The number of likely N-dealkylation sites (N-methyl/N-ethyl adjacent to an activating group) is 1. The lowest BCUT2D eigenvalue weighted by atomic mass is 9.73. The summed E-state index contributed by atoms with van der Waals surface area (Å²) < 4.78 is 81.7. The first-order valence-corrected chi connectivity index (χ1v) is 18.4. The number of rotatable bonds is 4. The molecule has 0 fully saturated rings. The predicted octanol–water partition coefficient (Wildman–Crippen LogP) is 5.34. The van der Waals surface area contributed by atoms with E-state index in [1.807, 2.05) is 58.8 Å². The Kier molecular flexibility index (Phi) is 6.62. The van der Waals surface area contributed by atoms with Crippen molar-refractivity contribution in [1.29, 1.82) is 0 Å². The summed E-state index contributed by atoms with van der Waals surface area (Å²) in [5.41, 5.74) is 2.16. The zero-order valence-electron chi connectivity index (χ0n) is 26.9. The molecule has 47 heavy (non-hydrogen) atoms. The van der Waals surface area contributed by atoms with Crippen LogP contribution in [0.25, 0.3) is 5.57 Å². The largest absolute Gasteiger partial charge is 0.456 e. The Balaban J connectivity index is 1.54. The molecule has 11 nitrogen and oxygen atoms in total. The van der Waals surface area contributed by atoms with E-state index in [-0.39, 0.29) is 0 Å². The maximum absolute atomic E-state index is 13.6. The fraction of sp³-hybridized carbons (Fsp3) is 0.382. The van der Waals surface area contributed by atoms with Gasteiger partial charge in [0.25, 0.3) is 20.2 Å². The van der Waals surface area contributed by atoms with Gasteiger partial charge in [0.2, 0.25) is 0 Å². The maximum Gasteiger partial charge on any atom is 0.340 e. The minimum Gasteiger partial charge on any atom is -0.456 e. The summed E-state index contributed by atoms with van der Waals surface area (Å²) in [5, 5.41) is 0. The van der Waals surface area contributed by atoms with Crippen molar-refractivity contribution in [2.75, 3.05) is 35.4 Å². The number of carbonyl (C=O) groups excluding carboxylic acids is 1. The normalized spacial score (nSPS) is 23.5. The van der Waals surface area contributed by atoms with Crippen molar-refractivity contribution in [3.8, 4) is 11.5 Å². The number of nitrogens with zero attached hydrogens (tertiary/aromatic N) is 2. The Morgan fingerprint density at radius 3 is 2.13 bits per heavy atom. The van der Waals surface area contributed by atoms with E-state index >= 15 is 0 Å². The number of esters is 1. The van der Waals surface area contributed by atoms with E-state index in [1.165, 1.54) is 0 Å². The van der Waals surface area contributed by atoms with Crippen LogP contribution in [0.5, 0.6) is 11.5 Å². The molecule has 3 aromatic rings. The molecule has 2 unspecified atom stereocenters. The van der Waals surface area contributed by atoms with Crippen LogP contribution in [0.2, 0.25) is 0 Å². The number of ether oxygens (including phenoxy) is 2. The third kappa shape index (κ3) is 4.85. The average molecular weight is 681 g/mol. The van der Waals surface area contributed by atoms with Crippen LogP contribution in [0.1, 0.15) is 78.2 Å². The van der Waals surface area contributed by atoms with Crippen LogP contribution in [-0.2, 0) is 30.6 Å². The summed E-state index contributed by atoms with van der Waals surface area (Å²) in [6.45, 7) is 7.86. The lowest BCUT2D eigenvalue weighted by Gasteiger charge is -2.47. The second kappa shape index (κ2) is 9.82. The molecule has 0 amide bonds. The molecule has 0 radical (unpaired) electrons. The Hall–Kier alpha value is -3.91. The monoisotopic (exact) mass is 680 g/mol. The molecule has 4 heterocycles. The topological polar surface area (TPSA) is 151 Å². The highest BCUT2D eigenvalue weighted by Gasteiger charge is 2.55. The molecule has 4 aliphatic heterocycles. The highest BCUT2D eigenvalue weighted by Crippen LogP contribution is 2.60. The third-order valence-electron chi connectivity index (χ3n) is 10.3.